The molecular formula is C16H27N5O2. The first kappa shape index (κ1) is 16.4. The highest BCUT2D eigenvalue weighted by molar-refractivity contribution is 5.50. The van der Waals surface area contributed by atoms with Crippen molar-refractivity contribution < 1.29 is 9.84 Å². The molecule has 0 unspecified atom stereocenters. The summed E-state index contributed by atoms with van der Waals surface area (Å²) in [5, 5.41) is 9.94. The minimum Gasteiger partial charge on any atom is -0.389 e. The van der Waals surface area contributed by atoms with Crippen molar-refractivity contribution in [2.45, 2.75) is 19.4 Å². The molecule has 3 heterocycles. The molecule has 2 aliphatic heterocycles. The van der Waals surface area contributed by atoms with E-state index in [1.54, 1.807) is 6.33 Å². The fraction of sp³-hybridized carbons (Fsp3) is 0.750. The third-order valence-electron chi connectivity index (χ3n) is 4.28. The van der Waals surface area contributed by atoms with E-state index in [1.807, 2.05) is 13.8 Å². The summed E-state index contributed by atoms with van der Waals surface area (Å²) < 4.78 is 5.40. The first-order valence-corrected chi connectivity index (χ1v) is 8.36. The Morgan fingerprint density at radius 2 is 1.57 bits per heavy atom. The number of aromatic nitrogens is 2. The number of hydrogen-bond acceptors (Lipinski definition) is 7. The van der Waals surface area contributed by atoms with Crippen LogP contribution in [0.25, 0.3) is 0 Å². The monoisotopic (exact) mass is 321 g/mol. The Hall–Kier alpha value is -1.44. The van der Waals surface area contributed by atoms with Crippen LogP contribution in [-0.2, 0) is 4.74 Å². The molecular weight excluding hydrogens is 294 g/mol. The number of aliphatic hydroxyl groups is 1. The van der Waals surface area contributed by atoms with E-state index in [0.29, 0.717) is 6.54 Å². The SMILES string of the molecule is CC(C)(O)CN1CCN(c2cc(N3CCOCC3)ncn2)CC1. The summed E-state index contributed by atoms with van der Waals surface area (Å²) in [5.41, 5.74) is -0.638. The van der Waals surface area contributed by atoms with Crippen LogP contribution in [0.4, 0.5) is 11.6 Å². The average Bonchev–Trinajstić information content (AvgIpc) is 2.55. The molecule has 0 amide bonds. The topological polar surface area (TPSA) is 65.0 Å². The Morgan fingerprint density at radius 3 is 2.13 bits per heavy atom. The standard InChI is InChI=1S/C16H27N5O2/c1-16(2,22)12-19-3-5-20(6-4-19)14-11-15(18-13-17-14)21-7-9-23-10-8-21/h11,13,22H,3-10,12H2,1-2H3. The summed E-state index contributed by atoms with van der Waals surface area (Å²) in [6.07, 6.45) is 1.66. The van der Waals surface area contributed by atoms with Crippen LogP contribution < -0.4 is 9.80 Å². The van der Waals surface area contributed by atoms with E-state index in [1.165, 1.54) is 0 Å². The van der Waals surface area contributed by atoms with E-state index in [-0.39, 0.29) is 0 Å². The number of morpholine rings is 1. The van der Waals surface area contributed by atoms with Crippen LogP contribution in [-0.4, -0.2) is 84.6 Å². The maximum Gasteiger partial charge on any atom is 0.134 e. The number of piperazine rings is 1. The van der Waals surface area contributed by atoms with Crippen LogP contribution in [0.2, 0.25) is 0 Å². The van der Waals surface area contributed by atoms with Gasteiger partial charge in [0.05, 0.1) is 18.8 Å². The number of β-amino-alcohol motifs (C(OH)–C–C–N with tert-alkyl or cyclic N) is 1. The van der Waals surface area contributed by atoms with Crippen molar-refractivity contribution in [3.05, 3.63) is 12.4 Å². The Morgan fingerprint density at radius 1 is 1.00 bits per heavy atom. The fourth-order valence-electron chi connectivity index (χ4n) is 3.16. The van der Waals surface area contributed by atoms with Crippen molar-refractivity contribution in [3.8, 4) is 0 Å². The molecule has 0 bridgehead atoms. The van der Waals surface area contributed by atoms with Gasteiger partial charge in [0.1, 0.15) is 18.0 Å². The second-order valence-electron chi connectivity index (χ2n) is 6.91. The Balaban J connectivity index is 1.60. The first-order valence-electron chi connectivity index (χ1n) is 8.36. The third-order valence-corrected chi connectivity index (χ3v) is 4.28. The molecule has 2 aliphatic rings. The predicted octanol–water partition coefficient (Wildman–Crippen LogP) is 0.206. The predicted molar refractivity (Wildman–Crippen MR) is 90.0 cm³/mol. The van der Waals surface area contributed by atoms with Crippen molar-refractivity contribution in [2.24, 2.45) is 0 Å². The van der Waals surface area contributed by atoms with Crippen molar-refractivity contribution in [2.75, 3.05) is 68.8 Å². The average molecular weight is 321 g/mol. The van der Waals surface area contributed by atoms with Gasteiger partial charge < -0.3 is 19.6 Å². The number of anilines is 2. The Kier molecular flexibility index (Phi) is 4.99. The molecule has 3 rings (SSSR count). The smallest absolute Gasteiger partial charge is 0.134 e. The van der Waals surface area contributed by atoms with E-state index in [4.69, 9.17) is 4.74 Å². The second kappa shape index (κ2) is 6.98. The summed E-state index contributed by atoms with van der Waals surface area (Å²) >= 11 is 0. The molecule has 0 saturated carbocycles. The molecule has 1 N–H and O–H groups in total. The van der Waals surface area contributed by atoms with Gasteiger partial charge in [-0.15, -0.1) is 0 Å². The van der Waals surface area contributed by atoms with Crippen molar-refractivity contribution in [3.63, 3.8) is 0 Å². The van der Waals surface area contributed by atoms with Crippen LogP contribution in [0.15, 0.2) is 12.4 Å². The lowest BCUT2D eigenvalue weighted by atomic mass is 10.1. The molecule has 0 spiro atoms. The molecule has 0 radical (unpaired) electrons. The number of ether oxygens (including phenoxy) is 1. The van der Waals surface area contributed by atoms with Crippen molar-refractivity contribution in [1.29, 1.82) is 0 Å². The molecule has 1 aromatic heterocycles. The zero-order chi connectivity index (χ0) is 16.3. The summed E-state index contributed by atoms with van der Waals surface area (Å²) in [5.74, 6) is 1.97. The molecule has 0 atom stereocenters. The Bertz CT molecular complexity index is 505. The van der Waals surface area contributed by atoms with Crippen LogP contribution in [0.1, 0.15) is 13.8 Å². The molecule has 128 valence electrons. The highest BCUT2D eigenvalue weighted by atomic mass is 16.5. The Labute approximate surface area is 137 Å². The molecule has 7 nitrogen and oxygen atoms in total. The van der Waals surface area contributed by atoms with Gasteiger partial charge in [0.15, 0.2) is 0 Å². The van der Waals surface area contributed by atoms with Gasteiger partial charge in [0.25, 0.3) is 0 Å². The zero-order valence-electron chi connectivity index (χ0n) is 14.1. The van der Waals surface area contributed by atoms with Gasteiger partial charge in [0.2, 0.25) is 0 Å². The van der Waals surface area contributed by atoms with Gasteiger partial charge >= 0.3 is 0 Å². The van der Waals surface area contributed by atoms with E-state index >= 15 is 0 Å². The first-order chi connectivity index (χ1) is 11.0. The van der Waals surface area contributed by atoms with Crippen LogP contribution in [0, 0.1) is 0 Å². The van der Waals surface area contributed by atoms with Crippen LogP contribution in [0.5, 0.6) is 0 Å². The number of nitrogens with zero attached hydrogens (tertiary/aromatic N) is 5. The largest absolute Gasteiger partial charge is 0.389 e. The minimum atomic E-state index is -0.638. The second-order valence-corrected chi connectivity index (χ2v) is 6.91. The van der Waals surface area contributed by atoms with E-state index in [2.05, 4.69) is 30.7 Å². The molecule has 2 fully saturated rings. The highest BCUT2D eigenvalue weighted by Crippen LogP contribution is 2.20. The van der Waals surface area contributed by atoms with Crippen LogP contribution in [0.3, 0.4) is 0 Å². The highest BCUT2D eigenvalue weighted by Gasteiger charge is 2.24. The van der Waals surface area contributed by atoms with E-state index < -0.39 is 5.60 Å². The van der Waals surface area contributed by atoms with Crippen molar-refractivity contribution in [1.82, 2.24) is 14.9 Å². The zero-order valence-corrected chi connectivity index (χ0v) is 14.1. The van der Waals surface area contributed by atoms with Gasteiger partial charge in [-0.3, -0.25) is 4.90 Å². The number of hydrogen-bond donors (Lipinski definition) is 1. The number of rotatable bonds is 4. The quantitative estimate of drug-likeness (QED) is 0.850. The van der Waals surface area contributed by atoms with Gasteiger partial charge in [0, 0.05) is 51.9 Å². The van der Waals surface area contributed by atoms with Gasteiger partial charge in [-0.1, -0.05) is 0 Å². The minimum absolute atomic E-state index is 0.638. The van der Waals surface area contributed by atoms with Gasteiger partial charge in [-0.2, -0.15) is 0 Å². The molecule has 7 heteroatoms. The lowest BCUT2D eigenvalue weighted by Crippen LogP contribution is -2.50. The van der Waals surface area contributed by atoms with E-state index in [9.17, 15) is 5.11 Å². The summed E-state index contributed by atoms with van der Waals surface area (Å²) in [7, 11) is 0. The summed E-state index contributed by atoms with van der Waals surface area (Å²) in [6, 6.07) is 2.08. The molecule has 2 saturated heterocycles. The third kappa shape index (κ3) is 4.53. The maximum atomic E-state index is 9.94. The fourth-order valence-corrected chi connectivity index (χ4v) is 3.16. The molecule has 1 aromatic rings. The lowest BCUT2D eigenvalue weighted by Gasteiger charge is -2.38. The molecule has 23 heavy (non-hydrogen) atoms. The lowest BCUT2D eigenvalue weighted by molar-refractivity contribution is 0.0344. The van der Waals surface area contributed by atoms with Gasteiger partial charge in [-0.05, 0) is 13.8 Å². The molecule has 0 aromatic carbocycles. The van der Waals surface area contributed by atoms with Crippen molar-refractivity contribution >= 4 is 11.6 Å². The normalized spacial score (nSPS) is 20.8. The van der Waals surface area contributed by atoms with Gasteiger partial charge in [-0.25, -0.2) is 9.97 Å². The summed E-state index contributed by atoms with van der Waals surface area (Å²) in [6.45, 7) is 11.5. The summed E-state index contributed by atoms with van der Waals surface area (Å²) in [4.78, 5) is 15.7. The maximum absolute atomic E-state index is 9.94. The molecule has 0 aliphatic carbocycles. The van der Waals surface area contributed by atoms with E-state index in [0.717, 1.165) is 64.1 Å². The van der Waals surface area contributed by atoms with Crippen LogP contribution >= 0.6 is 0 Å².